The van der Waals surface area contributed by atoms with Gasteiger partial charge in [0.2, 0.25) is 5.91 Å². The highest BCUT2D eigenvalue weighted by molar-refractivity contribution is 5.99. The topological polar surface area (TPSA) is 84.5 Å². The van der Waals surface area contributed by atoms with Gasteiger partial charge in [-0.15, -0.1) is 0 Å². The number of nitrogens with zero attached hydrogens (tertiary/aromatic N) is 5. The summed E-state index contributed by atoms with van der Waals surface area (Å²) in [5, 5.41) is 2.96. The second kappa shape index (κ2) is 7.84. The minimum atomic E-state index is -0.187. The Hall–Kier alpha value is -3.16. The number of hydrogen-bond donors (Lipinski definition) is 1. The molecule has 1 aliphatic rings. The third-order valence-corrected chi connectivity index (χ3v) is 5.18. The van der Waals surface area contributed by atoms with Crippen LogP contribution in [0.1, 0.15) is 48.5 Å². The van der Waals surface area contributed by atoms with Crippen LogP contribution in [-0.4, -0.2) is 48.7 Å². The number of imidazole rings is 2. The molecule has 1 saturated heterocycles. The van der Waals surface area contributed by atoms with E-state index in [-0.39, 0.29) is 17.9 Å². The Bertz CT molecular complexity index is 978. The molecule has 3 aromatic rings. The molecule has 0 aliphatic carbocycles. The van der Waals surface area contributed by atoms with E-state index in [1.54, 1.807) is 19.4 Å². The van der Waals surface area contributed by atoms with Crippen LogP contribution in [0, 0.1) is 0 Å². The summed E-state index contributed by atoms with van der Waals surface area (Å²) < 4.78 is 3.92. The van der Waals surface area contributed by atoms with Crippen LogP contribution in [0.3, 0.4) is 0 Å². The largest absolute Gasteiger partial charge is 0.351 e. The van der Waals surface area contributed by atoms with Crippen molar-refractivity contribution in [2.24, 2.45) is 0 Å². The Morgan fingerprint density at radius 2 is 2.18 bits per heavy atom. The normalized spacial score (nSPS) is 16.6. The minimum absolute atomic E-state index is 0.0423. The van der Waals surface area contributed by atoms with Gasteiger partial charge in [-0.3, -0.25) is 9.59 Å². The number of rotatable bonds is 6. The molecule has 0 unspecified atom stereocenters. The Balaban J connectivity index is 1.52. The van der Waals surface area contributed by atoms with Crippen LogP contribution in [0.5, 0.6) is 0 Å². The molecule has 0 spiro atoms. The van der Waals surface area contributed by atoms with Crippen molar-refractivity contribution >= 4 is 17.3 Å². The van der Waals surface area contributed by atoms with Crippen molar-refractivity contribution in [3.63, 3.8) is 0 Å². The molecule has 28 heavy (non-hydrogen) atoms. The number of carbonyl (C=O) groups excluding carboxylic acids is 2. The lowest BCUT2D eigenvalue weighted by atomic mass is 10.2. The van der Waals surface area contributed by atoms with Crippen molar-refractivity contribution in [3.05, 3.63) is 54.6 Å². The first-order valence-electron chi connectivity index (χ1n) is 9.63. The molecule has 2 amide bonds. The van der Waals surface area contributed by atoms with Gasteiger partial charge in [-0.05, 0) is 31.4 Å². The number of amides is 2. The Morgan fingerprint density at radius 1 is 1.29 bits per heavy atom. The van der Waals surface area contributed by atoms with Crippen LogP contribution < -0.4 is 5.32 Å². The number of likely N-dealkylation sites (tertiary alicyclic amines) is 1. The van der Waals surface area contributed by atoms with E-state index in [4.69, 9.17) is 0 Å². The Labute approximate surface area is 163 Å². The van der Waals surface area contributed by atoms with Gasteiger partial charge in [-0.25, -0.2) is 9.97 Å². The third-order valence-electron chi connectivity index (χ3n) is 5.18. The van der Waals surface area contributed by atoms with Crippen molar-refractivity contribution in [2.75, 3.05) is 13.1 Å². The zero-order valence-corrected chi connectivity index (χ0v) is 15.9. The fourth-order valence-corrected chi connectivity index (χ4v) is 3.84. The van der Waals surface area contributed by atoms with Crippen LogP contribution in [0.25, 0.3) is 5.52 Å². The predicted molar refractivity (Wildman–Crippen MR) is 104 cm³/mol. The monoisotopic (exact) mass is 380 g/mol. The van der Waals surface area contributed by atoms with E-state index in [0.717, 1.165) is 43.7 Å². The molecule has 1 atom stereocenters. The van der Waals surface area contributed by atoms with E-state index in [1.165, 1.54) is 0 Å². The lowest BCUT2D eigenvalue weighted by Gasteiger charge is -2.22. The summed E-state index contributed by atoms with van der Waals surface area (Å²) in [6, 6.07) is 5.62. The Morgan fingerprint density at radius 3 is 2.96 bits per heavy atom. The molecule has 0 saturated carbocycles. The fraction of sp³-hybridized carbons (Fsp3) is 0.400. The first-order chi connectivity index (χ1) is 13.6. The van der Waals surface area contributed by atoms with Crippen LogP contribution in [0.4, 0.5) is 0 Å². The standard InChI is InChI=1S/C20H24N6O2/c1-15(27)25-12-4-7-17(25)19-23-18(16-6-2-3-11-26(16)19)20(28)22-8-5-10-24-13-9-21-14-24/h2-3,6,9,11,13-14,17H,4-5,7-8,10,12H2,1H3,(H,22,28)/t17-/m1/s1. The van der Waals surface area contributed by atoms with Gasteiger partial charge in [-0.1, -0.05) is 6.07 Å². The molecule has 1 aliphatic heterocycles. The number of aryl methyl sites for hydroxylation is 1. The molecule has 8 nitrogen and oxygen atoms in total. The molecular weight excluding hydrogens is 356 g/mol. The van der Waals surface area contributed by atoms with E-state index < -0.39 is 0 Å². The SMILES string of the molecule is CC(=O)N1CCC[C@@H]1c1nc(C(=O)NCCCn2ccnc2)c2ccccn12. The summed E-state index contributed by atoms with van der Waals surface area (Å²) in [4.78, 5) is 35.3. The maximum Gasteiger partial charge on any atom is 0.272 e. The van der Waals surface area contributed by atoms with Gasteiger partial charge in [-0.2, -0.15) is 0 Å². The first kappa shape index (κ1) is 18.2. The number of pyridine rings is 1. The molecule has 0 bridgehead atoms. The molecule has 3 aromatic heterocycles. The average molecular weight is 380 g/mol. The quantitative estimate of drug-likeness (QED) is 0.663. The molecule has 4 rings (SSSR count). The number of hydrogen-bond acceptors (Lipinski definition) is 4. The average Bonchev–Trinajstić information content (AvgIpc) is 3.43. The summed E-state index contributed by atoms with van der Waals surface area (Å²) >= 11 is 0. The second-order valence-electron chi connectivity index (χ2n) is 7.05. The van der Waals surface area contributed by atoms with E-state index in [1.807, 2.05) is 44.5 Å². The fourth-order valence-electron chi connectivity index (χ4n) is 3.84. The lowest BCUT2D eigenvalue weighted by molar-refractivity contribution is -0.129. The van der Waals surface area contributed by atoms with Crippen LogP contribution in [0.15, 0.2) is 43.1 Å². The minimum Gasteiger partial charge on any atom is -0.351 e. The van der Waals surface area contributed by atoms with Crippen molar-refractivity contribution in [1.29, 1.82) is 0 Å². The van der Waals surface area contributed by atoms with Crippen molar-refractivity contribution in [3.8, 4) is 0 Å². The van der Waals surface area contributed by atoms with Crippen LogP contribution in [0.2, 0.25) is 0 Å². The van der Waals surface area contributed by atoms with Gasteiger partial charge in [0.15, 0.2) is 5.69 Å². The number of carbonyl (C=O) groups is 2. The summed E-state index contributed by atoms with van der Waals surface area (Å²) in [7, 11) is 0. The van der Waals surface area contributed by atoms with E-state index in [0.29, 0.717) is 12.2 Å². The number of aromatic nitrogens is 4. The zero-order valence-electron chi connectivity index (χ0n) is 15.9. The molecule has 8 heteroatoms. The zero-order chi connectivity index (χ0) is 19.5. The lowest BCUT2D eigenvalue weighted by Crippen LogP contribution is -2.29. The van der Waals surface area contributed by atoms with Gasteiger partial charge in [0.1, 0.15) is 5.82 Å². The third kappa shape index (κ3) is 3.49. The summed E-state index contributed by atoms with van der Waals surface area (Å²) in [6.07, 6.45) is 9.93. The van der Waals surface area contributed by atoms with Crippen molar-refractivity contribution < 1.29 is 9.59 Å². The highest BCUT2D eigenvalue weighted by atomic mass is 16.2. The summed E-state index contributed by atoms with van der Waals surface area (Å²) in [6.45, 7) is 3.67. The Kier molecular flexibility index (Phi) is 5.10. The van der Waals surface area contributed by atoms with Gasteiger partial charge < -0.3 is 19.2 Å². The van der Waals surface area contributed by atoms with E-state index in [2.05, 4.69) is 15.3 Å². The van der Waals surface area contributed by atoms with Crippen LogP contribution >= 0.6 is 0 Å². The summed E-state index contributed by atoms with van der Waals surface area (Å²) in [5.74, 6) is 0.612. The second-order valence-corrected chi connectivity index (χ2v) is 7.05. The molecule has 146 valence electrons. The van der Waals surface area contributed by atoms with Gasteiger partial charge in [0.25, 0.3) is 5.91 Å². The van der Waals surface area contributed by atoms with Crippen molar-refractivity contribution in [2.45, 2.75) is 38.8 Å². The summed E-state index contributed by atoms with van der Waals surface area (Å²) in [5.41, 5.74) is 1.17. The van der Waals surface area contributed by atoms with E-state index in [9.17, 15) is 9.59 Å². The first-order valence-corrected chi connectivity index (χ1v) is 9.63. The number of fused-ring (bicyclic) bond motifs is 1. The van der Waals surface area contributed by atoms with Crippen molar-refractivity contribution in [1.82, 2.24) is 29.2 Å². The highest BCUT2D eigenvalue weighted by Crippen LogP contribution is 2.32. The van der Waals surface area contributed by atoms with Crippen LogP contribution in [-0.2, 0) is 11.3 Å². The highest BCUT2D eigenvalue weighted by Gasteiger charge is 2.32. The molecule has 1 N–H and O–H groups in total. The molecular formula is C20H24N6O2. The maximum atomic E-state index is 12.8. The molecule has 1 fully saturated rings. The van der Waals surface area contributed by atoms with E-state index >= 15 is 0 Å². The van der Waals surface area contributed by atoms with Gasteiger partial charge >= 0.3 is 0 Å². The molecule has 4 heterocycles. The predicted octanol–water partition coefficient (Wildman–Crippen LogP) is 2.03. The maximum absolute atomic E-state index is 12.8. The molecule has 0 radical (unpaired) electrons. The smallest absolute Gasteiger partial charge is 0.272 e. The van der Waals surface area contributed by atoms with Gasteiger partial charge in [0, 0.05) is 45.1 Å². The molecule has 0 aromatic carbocycles. The number of nitrogens with one attached hydrogen (secondary N) is 1. The van der Waals surface area contributed by atoms with Gasteiger partial charge in [0.05, 0.1) is 17.9 Å².